The molecule has 124 valence electrons. The molecular formula is C18H24N2O3. The highest BCUT2D eigenvalue weighted by molar-refractivity contribution is 5.94. The van der Waals surface area contributed by atoms with Gasteiger partial charge in [-0.25, -0.2) is 0 Å². The van der Waals surface area contributed by atoms with Crippen LogP contribution in [0, 0.1) is 13.8 Å². The standard InChI is InChI=1S/C18H24N2O3/c1-13-5-6-15(12-14(13)2)17(21)19-7-9-20(10-8-19)18(22)16-4-3-11-23-16/h5-6,12,16H,3-4,7-11H2,1-2H3. The molecule has 2 aliphatic heterocycles. The molecule has 1 atom stereocenters. The Hall–Kier alpha value is -1.88. The van der Waals surface area contributed by atoms with E-state index in [1.807, 2.05) is 41.8 Å². The molecule has 0 aliphatic carbocycles. The summed E-state index contributed by atoms with van der Waals surface area (Å²) in [4.78, 5) is 28.6. The van der Waals surface area contributed by atoms with Gasteiger partial charge in [0.15, 0.2) is 0 Å². The molecule has 0 radical (unpaired) electrons. The molecule has 2 aliphatic rings. The number of hydrogen-bond acceptors (Lipinski definition) is 3. The Balaban J connectivity index is 1.58. The topological polar surface area (TPSA) is 49.9 Å². The van der Waals surface area contributed by atoms with Crippen molar-refractivity contribution in [2.24, 2.45) is 0 Å². The summed E-state index contributed by atoms with van der Waals surface area (Å²) in [5.74, 6) is 0.137. The normalized spacial score (nSPS) is 21.6. The Labute approximate surface area is 137 Å². The summed E-state index contributed by atoms with van der Waals surface area (Å²) in [6.45, 7) is 7.10. The van der Waals surface area contributed by atoms with Crippen molar-refractivity contribution in [1.82, 2.24) is 9.80 Å². The third-order valence-electron chi connectivity index (χ3n) is 4.84. The van der Waals surface area contributed by atoms with Gasteiger partial charge in [0.25, 0.3) is 11.8 Å². The number of hydrogen-bond donors (Lipinski definition) is 0. The van der Waals surface area contributed by atoms with Crippen LogP contribution in [0.4, 0.5) is 0 Å². The van der Waals surface area contributed by atoms with Gasteiger partial charge >= 0.3 is 0 Å². The summed E-state index contributed by atoms with van der Waals surface area (Å²) in [7, 11) is 0. The van der Waals surface area contributed by atoms with Crippen molar-refractivity contribution in [3.63, 3.8) is 0 Å². The summed E-state index contributed by atoms with van der Waals surface area (Å²) < 4.78 is 5.46. The predicted octanol–water partition coefficient (Wildman–Crippen LogP) is 1.77. The van der Waals surface area contributed by atoms with Gasteiger partial charge in [-0.3, -0.25) is 9.59 Å². The van der Waals surface area contributed by atoms with Gasteiger partial charge in [-0.2, -0.15) is 0 Å². The van der Waals surface area contributed by atoms with Crippen LogP contribution in [-0.2, 0) is 9.53 Å². The molecule has 1 aromatic rings. The molecule has 5 heteroatoms. The Morgan fingerprint density at radius 2 is 1.74 bits per heavy atom. The predicted molar refractivity (Wildman–Crippen MR) is 87.4 cm³/mol. The fraction of sp³-hybridized carbons (Fsp3) is 0.556. The SMILES string of the molecule is Cc1ccc(C(=O)N2CCN(C(=O)C3CCCO3)CC2)cc1C. The maximum Gasteiger partial charge on any atom is 0.253 e. The van der Waals surface area contributed by atoms with E-state index in [9.17, 15) is 9.59 Å². The first-order valence-corrected chi connectivity index (χ1v) is 8.33. The maximum atomic E-state index is 12.6. The van der Waals surface area contributed by atoms with Crippen LogP contribution < -0.4 is 0 Å². The summed E-state index contributed by atoms with van der Waals surface area (Å²) >= 11 is 0. The molecule has 0 saturated carbocycles. The van der Waals surface area contributed by atoms with Gasteiger partial charge in [0.1, 0.15) is 6.10 Å². The van der Waals surface area contributed by atoms with E-state index in [1.54, 1.807) is 0 Å². The summed E-state index contributed by atoms with van der Waals surface area (Å²) in [5, 5.41) is 0. The van der Waals surface area contributed by atoms with Crippen LogP contribution in [0.25, 0.3) is 0 Å². The van der Waals surface area contributed by atoms with E-state index in [0.29, 0.717) is 32.8 Å². The van der Waals surface area contributed by atoms with Gasteiger partial charge in [0.2, 0.25) is 0 Å². The Bertz CT molecular complexity index is 600. The van der Waals surface area contributed by atoms with Crippen LogP contribution in [0.15, 0.2) is 18.2 Å². The van der Waals surface area contributed by atoms with Crippen LogP contribution >= 0.6 is 0 Å². The van der Waals surface area contributed by atoms with Crippen molar-refractivity contribution in [3.05, 3.63) is 34.9 Å². The van der Waals surface area contributed by atoms with Crippen molar-refractivity contribution in [2.75, 3.05) is 32.8 Å². The van der Waals surface area contributed by atoms with E-state index in [0.717, 1.165) is 24.0 Å². The number of benzene rings is 1. The average molecular weight is 316 g/mol. The molecule has 2 saturated heterocycles. The molecule has 2 amide bonds. The van der Waals surface area contributed by atoms with Crippen molar-refractivity contribution >= 4 is 11.8 Å². The Kier molecular flexibility index (Phi) is 4.66. The fourth-order valence-corrected chi connectivity index (χ4v) is 3.16. The van der Waals surface area contributed by atoms with Gasteiger partial charge in [0, 0.05) is 38.3 Å². The third kappa shape index (κ3) is 3.39. The van der Waals surface area contributed by atoms with E-state index in [4.69, 9.17) is 4.74 Å². The number of carbonyl (C=O) groups excluding carboxylic acids is 2. The highest BCUT2D eigenvalue weighted by atomic mass is 16.5. The second-order valence-electron chi connectivity index (χ2n) is 6.42. The first-order valence-electron chi connectivity index (χ1n) is 8.33. The molecule has 2 fully saturated rings. The lowest BCUT2D eigenvalue weighted by Gasteiger charge is -2.35. The van der Waals surface area contributed by atoms with E-state index >= 15 is 0 Å². The zero-order valence-corrected chi connectivity index (χ0v) is 13.9. The van der Waals surface area contributed by atoms with Crippen molar-refractivity contribution < 1.29 is 14.3 Å². The van der Waals surface area contributed by atoms with Gasteiger partial charge in [-0.05, 0) is 49.9 Å². The highest BCUT2D eigenvalue weighted by Crippen LogP contribution is 2.17. The quantitative estimate of drug-likeness (QED) is 0.835. The van der Waals surface area contributed by atoms with Crippen LogP contribution in [0.5, 0.6) is 0 Å². The monoisotopic (exact) mass is 316 g/mol. The van der Waals surface area contributed by atoms with E-state index in [-0.39, 0.29) is 17.9 Å². The molecule has 1 unspecified atom stereocenters. The lowest BCUT2D eigenvalue weighted by molar-refractivity contribution is -0.142. The Morgan fingerprint density at radius 3 is 2.35 bits per heavy atom. The minimum absolute atomic E-state index is 0.0531. The second kappa shape index (κ2) is 6.71. The van der Waals surface area contributed by atoms with Crippen molar-refractivity contribution in [3.8, 4) is 0 Å². The first-order chi connectivity index (χ1) is 11.1. The zero-order chi connectivity index (χ0) is 16.4. The lowest BCUT2D eigenvalue weighted by atomic mass is 10.1. The van der Waals surface area contributed by atoms with E-state index < -0.39 is 0 Å². The smallest absolute Gasteiger partial charge is 0.253 e. The summed E-state index contributed by atoms with van der Waals surface area (Å²) in [6, 6.07) is 5.82. The van der Waals surface area contributed by atoms with Gasteiger partial charge in [0.05, 0.1) is 0 Å². The molecule has 5 nitrogen and oxygen atoms in total. The van der Waals surface area contributed by atoms with Crippen LogP contribution in [0.2, 0.25) is 0 Å². The fourth-order valence-electron chi connectivity index (χ4n) is 3.16. The molecule has 0 spiro atoms. The molecule has 2 heterocycles. The molecule has 23 heavy (non-hydrogen) atoms. The molecule has 0 bridgehead atoms. The number of carbonyl (C=O) groups is 2. The summed E-state index contributed by atoms with van der Waals surface area (Å²) in [5.41, 5.74) is 3.04. The highest BCUT2D eigenvalue weighted by Gasteiger charge is 2.31. The molecule has 0 N–H and O–H groups in total. The molecular weight excluding hydrogens is 292 g/mol. The molecule has 0 aromatic heterocycles. The second-order valence-corrected chi connectivity index (χ2v) is 6.42. The zero-order valence-electron chi connectivity index (χ0n) is 13.9. The van der Waals surface area contributed by atoms with Crippen LogP contribution in [0.3, 0.4) is 0 Å². The largest absolute Gasteiger partial charge is 0.368 e. The number of nitrogens with zero attached hydrogens (tertiary/aromatic N) is 2. The van der Waals surface area contributed by atoms with Gasteiger partial charge in [-0.15, -0.1) is 0 Å². The Morgan fingerprint density at radius 1 is 1.04 bits per heavy atom. The van der Waals surface area contributed by atoms with Crippen molar-refractivity contribution in [1.29, 1.82) is 0 Å². The van der Waals surface area contributed by atoms with Gasteiger partial charge < -0.3 is 14.5 Å². The average Bonchev–Trinajstić information content (AvgIpc) is 3.11. The van der Waals surface area contributed by atoms with Crippen LogP contribution in [-0.4, -0.2) is 60.5 Å². The molecule has 3 rings (SSSR count). The minimum Gasteiger partial charge on any atom is -0.368 e. The third-order valence-corrected chi connectivity index (χ3v) is 4.84. The van der Waals surface area contributed by atoms with Gasteiger partial charge in [-0.1, -0.05) is 6.07 Å². The minimum atomic E-state index is -0.267. The number of aryl methyl sites for hydroxylation is 2. The number of rotatable bonds is 2. The number of ether oxygens (including phenoxy) is 1. The van der Waals surface area contributed by atoms with E-state index in [1.165, 1.54) is 5.56 Å². The van der Waals surface area contributed by atoms with Crippen LogP contribution in [0.1, 0.15) is 34.3 Å². The number of piperazine rings is 1. The van der Waals surface area contributed by atoms with Crippen molar-refractivity contribution in [2.45, 2.75) is 32.8 Å². The lowest BCUT2D eigenvalue weighted by Crippen LogP contribution is -2.52. The maximum absolute atomic E-state index is 12.6. The summed E-state index contributed by atoms with van der Waals surface area (Å²) in [6.07, 6.45) is 1.51. The number of amides is 2. The first kappa shape index (κ1) is 16.0. The molecule has 1 aromatic carbocycles. The van der Waals surface area contributed by atoms with E-state index in [2.05, 4.69) is 0 Å².